The van der Waals surface area contributed by atoms with Crippen molar-refractivity contribution in [3.05, 3.63) is 59.7 Å². The van der Waals surface area contributed by atoms with Gasteiger partial charge in [-0.25, -0.2) is 4.79 Å². The number of phenols is 2. The Bertz CT molecular complexity index is 826. The molecular formula is C18H15NO5. The van der Waals surface area contributed by atoms with Crippen LogP contribution >= 0.6 is 0 Å². The molecule has 2 aromatic carbocycles. The average molecular weight is 325 g/mol. The lowest BCUT2D eigenvalue weighted by molar-refractivity contribution is -0.139. The molecule has 6 heteroatoms. The molecule has 0 spiro atoms. The van der Waals surface area contributed by atoms with Gasteiger partial charge in [-0.2, -0.15) is 0 Å². The van der Waals surface area contributed by atoms with Crippen molar-refractivity contribution in [2.75, 3.05) is 4.90 Å². The molecule has 1 unspecified atom stereocenters. The summed E-state index contributed by atoms with van der Waals surface area (Å²) in [6.07, 6.45) is 3.00. The van der Waals surface area contributed by atoms with Gasteiger partial charge in [-0.1, -0.05) is 12.1 Å². The van der Waals surface area contributed by atoms with Gasteiger partial charge in [-0.05, 0) is 47.5 Å². The maximum absolute atomic E-state index is 12.5. The first-order valence-electron chi connectivity index (χ1n) is 7.31. The van der Waals surface area contributed by atoms with Crippen molar-refractivity contribution >= 4 is 23.6 Å². The number of carbonyl (C=O) groups excluding carboxylic acids is 1. The van der Waals surface area contributed by atoms with Crippen LogP contribution in [0.3, 0.4) is 0 Å². The fraction of sp³-hybridized carbons (Fsp3) is 0.111. The summed E-state index contributed by atoms with van der Waals surface area (Å²) in [5, 5.41) is 28.2. The second kappa shape index (κ2) is 6.08. The summed E-state index contributed by atoms with van der Waals surface area (Å²) in [6, 6.07) is 9.72. The van der Waals surface area contributed by atoms with E-state index in [1.807, 2.05) is 0 Å². The molecule has 122 valence electrons. The van der Waals surface area contributed by atoms with Crippen molar-refractivity contribution < 1.29 is 24.9 Å². The number of anilines is 1. The van der Waals surface area contributed by atoms with E-state index in [2.05, 4.69) is 0 Å². The van der Waals surface area contributed by atoms with Gasteiger partial charge < -0.3 is 15.3 Å². The summed E-state index contributed by atoms with van der Waals surface area (Å²) in [6.45, 7) is 0. The highest BCUT2D eigenvalue weighted by Gasteiger charge is 2.37. The van der Waals surface area contributed by atoms with E-state index in [0.29, 0.717) is 16.8 Å². The molecular weight excluding hydrogens is 310 g/mol. The number of amides is 1. The molecule has 0 fully saturated rings. The molecule has 0 radical (unpaired) electrons. The highest BCUT2D eigenvalue weighted by Crippen LogP contribution is 2.35. The Balaban J connectivity index is 1.89. The Morgan fingerprint density at radius 3 is 2.38 bits per heavy atom. The second-order valence-electron chi connectivity index (χ2n) is 5.50. The zero-order valence-corrected chi connectivity index (χ0v) is 12.6. The molecule has 1 amide bonds. The van der Waals surface area contributed by atoms with Crippen molar-refractivity contribution in [1.82, 2.24) is 0 Å². The third kappa shape index (κ3) is 2.94. The summed E-state index contributed by atoms with van der Waals surface area (Å²) in [4.78, 5) is 25.2. The monoisotopic (exact) mass is 325 g/mol. The highest BCUT2D eigenvalue weighted by molar-refractivity contribution is 6.09. The Hall–Kier alpha value is -3.28. The molecule has 0 saturated heterocycles. The van der Waals surface area contributed by atoms with Crippen molar-refractivity contribution in [2.45, 2.75) is 12.5 Å². The summed E-state index contributed by atoms with van der Waals surface area (Å²) in [5.41, 5.74) is 1.81. The number of hydrogen-bond donors (Lipinski definition) is 3. The van der Waals surface area contributed by atoms with Gasteiger partial charge in [0, 0.05) is 18.2 Å². The van der Waals surface area contributed by atoms with E-state index < -0.39 is 17.9 Å². The molecule has 0 saturated carbocycles. The molecule has 0 aromatic heterocycles. The van der Waals surface area contributed by atoms with Gasteiger partial charge >= 0.3 is 5.97 Å². The lowest BCUT2D eigenvalue weighted by atomic mass is 10.1. The van der Waals surface area contributed by atoms with E-state index in [1.54, 1.807) is 24.3 Å². The molecule has 6 nitrogen and oxygen atoms in total. The zero-order valence-electron chi connectivity index (χ0n) is 12.6. The van der Waals surface area contributed by atoms with Crippen LogP contribution in [0.25, 0.3) is 6.08 Å². The molecule has 3 N–H and O–H groups in total. The number of rotatable bonds is 3. The first kappa shape index (κ1) is 15.6. The minimum Gasteiger partial charge on any atom is -0.508 e. The molecule has 3 rings (SSSR count). The van der Waals surface area contributed by atoms with E-state index in [0.717, 1.165) is 0 Å². The number of aliphatic carboxylic acids is 1. The first-order valence-corrected chi connectivity index (χ1v) is 7.31. The quantitative estimate of drug-likeness (QED) is 0.751. The SMILES string of the molecule is O=C(O)C1Cc2cc(O)ccc2N1C(=O)/C=C/c1ccc(O)cc1. The number of aromatic hydroxyl groups is 2. The summed E-state index contributed by atoms with van der Waals surface area (Å²) in [5.74, 6) is -1.40. The summed E-state index contributed by atoms with van der Waals surface area (Å²) < 4.78 is 0. The van der Waals surface area contributed by atoms with Crippen LogP contribution in [0.1, 0.15) is 11.1 Å². The topological polar surface area (TPSA) is 98.1 Å². The number of fused-ring (bicyclic) bond motifs is 1. The minimum absolute atomic E-state index is 0.0341. The van der Waals surface area contributed by atoms with E-state index in [1.165, 1.54) is 35.2 Å². The number of carbonyl (C=O) groups is 2. The Labute approximate surface area is 137 Å². The fourth-order valence-electron chi connectivity index (χ4n) is 2.74. The van der Waals surface area contributed by atoms with Crippen molar-refractivity contribution in [2.24, 2.45) is 0 Å². The lowest BCUT2D eigenvalue weighted by Gasteiger charge is -2.21. The molecule has 1 atom stereocenters. The maximum Gasteiger partial charge on any atom is 0.327 e. The van der Waals surface area contributed by atoms with Crippen molar-refractivity contribution in [1.29, 1.82) is 0 Å². The number of carboxylic acid groups (broad SMARTS) is 1. The second-order valence-corrected chi connectivity index (χ2v) is 5.50. The van der Waals surface area contributed by atoms with Crippen molar-refractivity contribution in [3.63, 3.8) is 0 Å². The van der Waals surface area contributed by atoms with Gasteiger partial charge in [0.15, 0.2) is 0 Å². The Morgan fingerprint density at radius 1 is 1.04 bits per heavy atom. The normalized spacial score (nSPS) is 16.3. The number of nitrogens with zero attached hydrogens (tertiary/aromatic N) is 1. The van der Waals surface area contributed by atoms with Gasteiger partial charge in [0.2, 0.25) is 0 Å². The Morgan fingerprint density at radius 2 is 1.71 bits per heavy atom. The van der Waals surface area contributed by atoms with Crippen LogP contribution in [0, 0.1) is 0 Å². The number of benzene rings is 2. The molecule has 24 heavy (non-hydrogen) atoms. The first-order chi connectivity index (χ1) is 11.5. The number of carboxylic acids is 1. The maximum atomic E-state index is 12.5. The predicted octanol–water partition coefficient (Wildman–Crippen LogP) is 2.15. The smallest absolute Gasteiger partial charge is 0.327 e. The lowest BCUT2D eigenvalue weighted by Crippen LogP contribution is -2.42. The third-order valence-electron chi connectivity index (χ3n) is 3.88. The van der Waals surface area contributed by atoms with E-state index in [4.69, 9.17) is 0 Å². The highest BCUT2D eigenvalue weighted by atomic mass is 16.4. The standard InChI is InChI=1S/C18H15NO5/c20-13-4-1-11(2-5-13)3-8-17(22)19-15-7-6-14(21)9-12(15)10-16(19)18(23)24/h1-9,16,20-21H,10H2,(H,23,24)/b8-3+. The zero-order chi connectivity index (χ0) is 17.3. The summed E-state index contributed by atoms with van der Waals surface area (Å²) in [7, 11) is 0. The molecule has 0 bridgehead atoms. The van der Waals surface area contributed by atoms with Gasteiger partial charge in [0.1, 0.15) is 17.5 Å². The van der Waals surface area contributed by atoms with Gasteiger partial charge in [0.25, 0.3) is 5.91 Å². The Kier molecular flexibility index (Phi) is 3.95. The van der Waals surface area contributed by atoms with E-state index in [-0.39, 0.29) is 17.9 Å². The third-order valence-corrected chi connectivity index (χ3v) is 3.88. The number of hydrogen-bond acceptors (Lipinski definition) is 4. The predicted molar refractivity (Wildman–Crippen MR) is 87.9 cm³/mol. The van der Waals surface area contributed by atoms with Gasteiger partial charge in [-0.15, -0.1) is 0 Å². The van der Waals surface area contributed by atoms with E-state index in [9.17, 15) is 24.9 Å². The van der Waals surface area contributed by atoms with Crippen LogP contribution < -0.4 is 4.90 Å². The molecule has 1 aliphatic heterocycles. The molecule has 0 aliphatic carbocycles. The van der Waals surface area contributed by atoms with E-state index >= 15 is 0 Å². The average Bonchev–Trinajstić information content (AvgIpc) is 2.93. The van der Waals surface area contributed by atoms with Gasteiger partial charge in [-0.3, -0.25) is 9.69 Å². The van der Waals surface area contributed by atoms with Crippen molar-refractivity contribution in [3.8, 4) is 11.5 Å². The minimum atomic E-state index is -1.10. The molecule has 2 aromatic rings. The largest absolute Gasteiger partial charge is 0.508 e. The van der Waals surface area contributed by atoms with Crippen LogP contribution in [0.4, 0.5) is 5.69 Å². The van der Waals surface area contributed by atoms with Crippen LogP contribution in [0.15, 0.2) is 48.5 Å². The fourth-order valence-corrected chi connectivity index (χ4v) is 2.74. The van der Waals surface area contributed by atoms with Crippen LogP contribution in [0.5, 0.6) is 11.5 Å². The number of phenolic OH excluding ortho intramolecular Hbond substituents is 2. The van der Waals surface area contributed by atoms with Crippen LogP contribution in [-0.2, 0) is 16.0 Å². The molecule has 1 heterocycles. The van der Waals surface area contributed by atoms with Gasteiger partial charge in [0.05, 0.1) is 0 Å². The molecule has 1 aliphatic rings. The van der Waals surface area contributed by atoms with Crippen LogP contribution in [-0.4, -0.2) is 33.2 Å². The van der Waals surface area contributed by atoms with Crippen LogP contribution in [0.2, 0.25) is 0 Å². The summed E-state index contributed by atoms with van der Waals surface area (Å²) >= 11 is 0.